The monoisotopic (exact) mass is 378 g/mol. The van der Waals surface area contributed by atoms with Gasteiger partial charge in [0, 0.05) is 31.6 Å². The van der Waals surface area contributed by atoms with Crippen molar-refractivity contribution in [1.29, 1.82) is 5.26 Å². The summed E-state index contributed by atoms with van der Waals surface area (Å²) in [5, 5.41) is 18.2. The van der Waals surface area contributed by atoms with E-state index in [-0.39, 0.29) is 11.9 Å². The molecular formula is C19H22N8O. The number of nitrogens with two attached hydrogens (primary N) is 1. The van der Waals surface area contributed by atoms with E-state index >= 15 is 0 Å². The van der Waals surface area contributed by atoms with Crippen molar-refractivity contribution < 1.29 is 4.74 Å². The van der Waals surface area contributed by atoms with Gasteiger partial charge in [0.05, 0.1) is 24.5 Å². The molecule has 1 saturated heterocycles. The summed E-state index contributed by atoms with van der Waals surface area (Å²) >= 11 is 0. The molecule has 0 saturated carbocycles. The third kappa shape index (κ3) is 3.13. The molecule has 3 N–H and O–H groups in total. The van der Waals surface area contributed by atoms with E-state index in [9.17, 15) is 0 Å². The minimum absolute atomic E-state index is 0.157. The Hall–Kier alpha value is -3.54. The number of methoxy groups -OCH3 is 1. The molecule has 0 radical (unpaired) electrons. The first-order valence-corrected chi connectivity index (χ1v) is 9.14. The van der Waals surface area contributed by atoms with Crippen molar-refractivity contribution in [3.63, 3.8) is 0 Å². The second-order valence-corrected chi connectivity index (χ2v) is 6.85. The van der Waals surface area contributed by atoms with Crippen LogP contribution in [0.3, 0.4) is 0 Å². The smallest absolute Gasteiger partial charge is 0.236 e. The summed E-state index contributed by atoms with van der Waals surface area (Å²) < 4.78 is 7.01. The number of nitrogens with one attached hydrogen (secondary N) is 1. The Morgan fingerprint density at radius 2 is 2.25 bits per heavy atom. The molecule has 4 rings (SSSR count). The molecule has 1 unspecified atom stereocenters. The topological polar surface area (TPSA) is 118 Å². The number of nitriles is 1. The lowest BCUT2D eigenvalue weighted by Gasteiger charge is -2.33. The number of piperidine rings is 1. The molecule has 0 aliphatic carbocycles. The third-order valence-electron chi connectivity index (χ3n) is 5.00. The van der Waals surface area contributed by atoms with Crippen LogP contribution in [-0.2, 0) is 7.05 Å². The van der Waals surface area contributed by atoms with Crippen molar-refractivity contribution in [2.75, 3.05) is 36.1 Å². The van der Waals surface area contributed by atoms with Crippen molar-refractivity contribution in [1.82, 2.24) is 19.7 Å². The van der Waals surface area contributed by atoms with Gasteiger partial charge < -0.3 is 20.7 Å². The number of benzene rings is 1. The van der Waals surface area contributed by atoms with Crippen LogP contribution in [0.1, 0.15) is 18.4 Å². The number of rotatable bonds is 4. The van der Waals surface area contributed by atoms with Gasteiger partial charge in [-0.25, -0.2) is 4.98 Å². The predicted octanol–water partition coefficient (Wildman–Crippen LogP) is 1.91. The van der Waals surface area contributed by atoms with E-state index < -0.39 is 0 Å². The van der Waals surface area contributed by atoms with E-state index in [1.807, 2.05) is 29.9 Å². The third-order valence-corrected chi connectivity index (χ3v) is 5.00. The Morgan fingerprint density at radius 3 is 3.04 bits per heavy atom. The Bertz CT molecular complexity index is 1050. The fraction of sp³-hybridized carbons (Fsp3) is 0.368. The largest absolute Gasteiger partial charge is 0.480 e. The minimum atomic E-state index is 0.157. The number of fused-ring (bicyclic) bond motifs is 1. The summed E-state index contributed by atoms with van der Waals surface area (Å²) in [4.78, 5) is 10.8. The average molecular weight is 378 g/mol. The number of anilines is 3. The van der Waals surface area contributed by atoms with Crippen LogP contribution in [0, 0.1) is 11.3 Å². The van der Waals surface area contributed by atoms with Gasteiger partial charge in [0.2, 0.25) is 11.8 Å². The molecule has 2 aromatic heterocycles. The molecule has 1 aliphatic rings. The number of hydrogen-bond acceptors (Lipinski definition) is 8. The number of nitrogens with zero attached hydrogens (tertiary/aromatic N) is 6. The van der Waals surface area contributed by atoms with Crippen molar-refractivity contribution in [3.05, 3.63) is 30.0 Å². The van der Waals surface area contributed by atoms with Crippen molar-refractivity contribution in [3.8, 4) is 11.9 Å². The molecule has 3 heterocycles. The number of nitrogen functional groups attached to an aromatic ring is 1. The molecule has 0 bridgehead atoms. The SMILES string of the molecule is COc1nc(NC2CCCN(c3nn(C)c4c(N)cccc34)C2)ncc1C#N. The lowest BCUT2D eigenvalue weighted by molar-refractivity contribution is 0.395. The highest BCUT2D eigenvalue weighted by Crippen LogP contribution is 2.31. The molecule has 0 amide bonds. The molecule has 28 heavy (non-hydrogen) atoms. The number of aryl methyl sites for hydroxylation is 1. The second-order valence-electron chi connectivity index (χ2n) is 6.85. The fourth-order valence-corrected chi connectivity index (χ4v) is 3.72. The number of ether oxygens (including phenoxy) is 1. The lowest BCUT2D eigenvalue weighted by atomic mass is 10.1. The maximum absolute atomic E-state index is 9.08. The summed E-state index contributed by atoms with van der Waals surface area (Å²) in [7, 11) is 3.41. The molecule has 1 aliphatic heterocycles. The van der Waals surface area contributed by atoms with E-state index in [1.54, 1.807) is 0 Å². The Kier molecular flexibility index (Phi) is 4.61. The van der Waals surface area contributed by atoms with Gasteiger partial charge in [-0.2, -0.15) is 15.3 Å². The zero-order chi connectivity index (χ0) is 19.7. The highest BCUT2D eigenvalue weighted by Gasteiger charge is 2.25. The van der Waals surface area contributed by atoms with Crippen LogP contribution >= 0.6 is 0 Å². The lowest BCUT2D eigenvalue weighted by Crippen LogP contribution is -2.42. The fourth-order valence-electron chi connectivity index (χ4n) is 3.72. The maximum Gasteiger partial charge on any atom is 0.236 e. The minimum Gasteiger partial charge on any atom is -0.480 e. The van der Waals surface area contributed by atoms with E-state index in [4.69, 9.17) is 20.8 Å². The van der Waals surface area contributed by atoms with Gasteiger partial charge in [0.15, 0.2) is 5.82 Å². The zero-order valence-corrected chi connectivity index (χ0v) is 15.9. The predicted molar refractivity (Wildman–Crippen MR) is 107 cm³/mol. The van der Waals surface area contributed by atoms with Crippen LogP contribution in [0.25, 0.3) is 10.9 Å². The molecule has 9 heteroatoms. The first-order valence-electron chi connectivity index (χ1n) is 9.14. The van der Waals surface area contributed by atoms with Crippen LogP contribution in [0.15, 0.2) is 24.4 Å². The normalized spacial score (nSPS) is 16.8. The number of para-hydroxylation sites is 1. The molecule has 144 valence electrons. The Balaban J connectivity index is 1.56. The Labute approximate surface area is 162 Å². The highest BCUT2D eigenvalue weighted by atomic mass is 16.5. The van der Waals surface area contributed by atoms with Gasteiger partial charge in [-0.15, -0.1) is 0 Å². The van der Waals surface area contributed by atoms with E-state index in [0.29, 0.717) is 11.5 Å². The van der Waals surface area contributed by atoms with Gasteiger partial charge in [-0.3, -0.25) is 4.68 Å². The molecular weight excluding hydrogens is 356 g/mol. The van der Waals surface area contributed by atoms with E-state index in [1.165, 1.54) is 13.3 Å². The molecule has 9 nitrogen and oxygen atoms in total. The maximum atomic E-state index is 9.08. The molecule has 0 spiro atoms. The van der Waals surface area contributed by atoms with E-state index in [0.717, 1.165) is 48.3 Å². The van der Waals surface area contributed by atoms with Crippen LogP contribution in [0.5, 0.6) is 5.88 Å². The summed E-state index contributed by atoms with van der Waals surface area (Å²) in [5.41, 5.74) is 8.13. The van der Waals surface area contributed by atoms with Crippen LogP contribution in [-0.4, -0.2) is 46.0 Å². The quantitative estimate of drug-likeness (QED) is 0.661. The summed E-state index contributed by atoms with van der Waals surface area (Å²) in [5.74, 6) is 1.67. The molecule has 1 fully saturated rings. The molecule has 1 atom stereocenters. The zero-order valence-electron chi connectivity index (χ0n) is 15.9. The van der Waals surface area contributed by atoms with Gasteiger partial charge in [-0.1, -0.05) is 6.07 Å². The standard InChI is InChI=1S/C19H22N8O/c1-26-16-14(6-3-7-15(16)21)17(25-26)27-8-4-5-13(11-27)23-19-22-10-12(9-20)18(24-19)28-2/h3,6-7,10,13H,4-5,8,11,21H2,1-2H3,(H,22,23,24). The number of aromatic nitrogens is 4. The van der Waals surface area contributed by atoms with Gasteiger partial charge in [0.25, 0.3) is 0 Å². The molecule has 1 aromatic carbocycles. The van der Waals surface area contributed by atoms with Crippen LogP contribution in [0.2, 0.25) is 0 Å². The van der Waals surface area contributed by atoms with Gasteiger partial charge in [-0.05, 0) is 25.0 Å². The molecule has 3 aromatic rings. The average Bonchev–Trinajstić information content (AvgIpc) is 3.06. The van der Waals surface area contributed by atoms with Crippen LogP contribution in [0.4, 0.5) is 17.5 Å². The highest BCUT2D eigenvalue weighted by molar-refractivity contribution is 5.97. The summed E-state index contributed by atoms with van der Waals surface area (Å²) in [6.45, 7) is 1.70. The van der Waals surface area contributed by atoms with E-state index in [2.05, 4.69) is 26.3 Å². The number of hydrogen-bond donors (Lipinski definition) is 2. The van der Waals surface area contributed by atoms with Crippen molar-refractivity contribution >= 4 is 28.4 Å². The Morgan fingerprint density at radius 1 is 1.39 bits per heavy atom. The summed E-state index contributed by atoms with van der Waals surface area (Å²) in [6, 6.07) is 8.09. The second kappa shape index (κ2) is 7.23. The summed E-state index contributed by atoms with van der Waals surface area (Å²) in [6.07, 6.45) is 3.49. The first-order chi connectivity index (χ1) is 13.6. The van der Waals surface area contributed by atoms with Gasteiger partial charge in [0.1, 0.15) is 11.6 Å². The van der Waals surface area contributed by atoms with Gasteiger partial charge >= 0.3 is 0 Å². The first kappa shape index (κ1) is 17.9. The van der Waals surface area contributed by atoms with Crippen LogP contribution < -0.4 is 20.7 Å². The van der Waals surface area contributed by atoms with Crippen molar-refractivity contribution in [2.45, 2.75) is 18.9 Å². The van der Waals surface area contributed by atoms with Crippen molar-refractivity contribution in [2.24, 2.45) is 7.05 Å².